The third-order valence-corrected chi connectivity index (χ3v) is 3.64. The van der Waals surface area contributed by atoms with Gasteiger partial charge in [-0.1, -0.05) is 35.9 Å². The third kappa shape index (κ3) is 4.24. The van der Waals surface area contributed by atoms with Crippen LogP contribution in [-0.4, -0.2) is 32.6 Å². The van der Waals surface area contributed by atoms with Gasteiger partial charge in [0, 0.05) is 11.2 Å². The average Bonchev–Trinajstić information content (AvgIpc) is 3.06. The van der Waals surface area contributed by atoms with Crippen LogP contribution in [0.25, 0.3) is 11.5 Å². The predicted molar refractivity (Wildman–Crippen MR) is 89.4 cm³/mol. The van der Waals surface area contributed by atoms with Crippen LogP contribution in [0.15, 0.2) is 48.7 Å². The Morgan fingerprint density at radius 3 is 2.79 bits per heavy atom. The largest absolute Gasteiger partial charge is 0.369 e. The number of aromatic amines is 1. The summed E-state index contributed by atoms with van der Waals surface area (Å²) in [5, 5.41) is 7.45. The highest BCUT2D eigenvalue weighted by Gasteiger charge is 2.11. The molecule has 0 spiro atoms. The second kappa shape index (κ2) is 7.81. The number of hydrogen-bond donors (Lipinski definition) is 1. The van der Waals surface area contributed by atoms with Crippen LogP contribution >= 0.6 is 11.6 Å². The standard InChI is InChI=1S/C17H15ClN4O2/c18-14-6-2-1-5-12(14)10-24-11-13(23)9-16-20-17(22-21-16)15-7-3-4-8-19-15/h1-8H,9-11H2,(H,20,21,22). The highest BCUT2D eigenvalue weighted by Crippen LogP contribution is 2.15. The van der Waals surface area contributed by atoms with Crippen molar-refractivity contribution in [1.29, 1.82) is 0 Å². The van der Waals surface area contributed by atoms with Crippen LogP contribution in [0.5, 0.6) is 0 Å². The summed E-state index contributed by atoms with van der Waals surface area (Å²) in [6.45, 7) is 0.284. The van der Waals surface area contributed by atoms with Crippen LogP contribution in [0.2, 0.25) is 5.02 Å². The quantitative estimate of drug-likeness (QED) is 0.714. The minimum absolute atomic E-state index is 0.00908. The number of carbonyl (C=O) groups is 1. The lowest BCUT2D eigenvalue weighted by Crippen LogP contribution is -2.12. The van der Waals surface area contributed by atoms with Gasteiger partial charge in [0.2, 0.25) is 0 Å². The van der Waals surface area contributed by atoms with E-state index in [1.807, 2.05) is 36.4 Å². The first kappa shape index (κ1) is 16.3. The molecule has 0 saturated heterocycles. The molecule has 2 heterocycles. The van der Waals surface area contributed by atoms with Crippen molar-refractivity contribution in [3.05, 3.63) is 65.1 Å². The van der Waals surface area contributed by atoms with E-state index in [4.69, 9.17) is 16.3 Å². The number of ether oxygens (including phenoxy) is 1. The maximum atomic E-state index is 12.0. The van der Waals surface area contributed by atoms with E-state index in [1.54, 1.807) is 12.3 Å². The van der Waals surface area contributed by atoms with Crippen LogP contribution in [0, 0.1) is 0 Å². The highest BCUT2D eigenvalue weighted by atomic mass is 35.5. The highest BCUT2D eigenvalue weighted by molar-refractivity contribution is 6.31. The summed E-state index contributed by atoms with van der Waals surface area (Å²) >= 11 is 6.04. The maximum Gasteiger partial charge on any atom is 0.199 e. The van der Waals surface area contributed by atoms with Crippen molar-refractivity contribution >= 4 is 17.4 Å². The molecule has 24 heavy (non-hydrogen) atoms. The number of H-pyrrole nitrogens is 1. The van der Waals surface area contributed by atoms with Gasteiger partial charge in [0.05, 0.1) is 13.0 Å². The number of halogens is 1. The molecule has 0 amide bonds. The molecule has 0 saturated carbocycles. The maximum absolute atomic E-state index is 12.0. The van der Waals surface area contributed by atoms with Crippen molar-refractivity contribution in [2.24, 2.45) is 0 Å². The zero-order valence-corrected chi connectivity index (χ0v) is 13.5. The van der Waals surface area contributed by atoms with Gasteiger partial charge >= 0.3 is 0 Å². The van der Waals surface area contributed by atoms with E-state index in [-0.39, 0.29) is 18.8 Å². The minimum Gasteiger partial charge on any atom is -0.369 e. The first-order valence-corrected chi connectivity index (χ1v) is 7.75. The topological polar surface area (TPSA) is 80.8 Å². The van der Waals surface area contributed by atoms with Crippen molar-refractivity contribution < 1.29 is 9.53 Å². The Balaban J connectivity index is 1.51. The average molecular weight is 343 g/mol. The number of nitrogens with one attached hydrogen (secondary N) is 1. The van der Waals surface area contributed by atoms with Gasteiger partial charge in [-0.2, -0.15) is 5.10 Å². The van der Waals surface area contributed by atoms with Crippen molar-refractivity contribution in [1.82, 2.24) is 20.2 Å². The van der Waals surface area contributed by atoms with Gasteiger partial charge in [0.1, 0.15) is 18.1 Å². The minimum atomic E-state index is -0.0919. The number of benzene rings is 1. The van der Waals surface area contributed by atoms with Gasteiger partial charge in [-0.25, -0.2) is 4.98 Å². The molecule has 0 fully saturated rings. The van der Waals surface area contributed by atoms with E-state index in [9.17, 15) is 4.79 Å². The van der Waals surface area contributed by atoms with E-state index in [1.165, 1.54) is 0 Å². The van der Waals surface area contributed by atoms with E-state index in [0.717, 1.165) is 5.56 Å². The first-order chi connectivity index (χ1) is 11.7. The molecule has 0 aliphatic carbocycles. The number of pyridine rings is 1. The van der Waals surface area contributed by atoms with Crippen LogP contribution < -0.4 is 0 Å². The van der Waals surface area contributed by atoms with Gasteiger partial charge in [0.15, 0.2) is 11.6 Å². The summed E-state index contributed by atoms with van der Waals surface area (Å²) in [4.78, 5) is 20.4. The second-order valence-corrected chi connectivity index (χ2v) is 5.53. The lowest BCUT2D eigenvalue weighted by Gasteiger charge is -2.04. The van der Waals surface area contributed by atoms with Crippen LogP contribution in [0.3, 0.4) is 0 Å². The molecular formula is C17H15ClN4O2. The molecule has 6 nitrogen and oxygen atoms in total. The summed E-state index contributed by atoms with van der Waals surface area (Å²) in [6, 6.07) is 12.8. The van der Waals surface area contributed by atoms with Gasteiger partial charge < -0.3 is 4.74 Å². The number of hydrogen-bond acceptors (Lipinski definition) is 5. The van der Waals surface area contributed by atoms with E-state index in [2.05, 4.69) is 20.2 Å². The molecular weight excluding hydrogens is 328 g/mol. The monoisotopic (exact) mass is 342 g/mol. The van der Waals surface area contributed by atoms with Crippen LogP contribution in [0.4, 0.5) is 0 Å². The summed E-state index contributed by atoms with van der Waals surface area (Å²) in [5.74, 6) is 0.864. The first-order valence-electron chi connectivity index (χ1n) is 7.38. The van der Waals surface area contributed by atoms with Crippen LogP contribution in [-0.2, 0) is 22.6 Å². The Hall–Kier alpha value is -2.57. The van der Waals surface area contributed by atoms with Crippen LogP contribution in [0.1, 0.15) is 11.4 Å². The molecule has 1 aromatic carbocycles. The van der Waals surface area contributed by atoms with Gasteiger partial charge in [-0.3, -0.25) is 14.9 Å². The molecule has 0 atom stereocenters. The summed E-state index contributed by atoms with van der Waals surface area (Å²) in [7, 11) is 0. The Bertz CT molecular complexity index is 820. The molecule has 3 aromatic rings. The normalized spacial score (nSPS) is 10.7. The molecule has 0 aliphatic rings. The summed E-state index contributed by atoms with van der Waals surface area (Å²) < 4.78 is 5.42. The molecule has 3 rings (SSSR count). The third-order valence-electron chi connectivity index (χ3n) is 3.27. The molecule has 0 radical (unpaired) electrons. The Kier molecular flexibility index (Phi) is 5.30. The van der Waals surface area contributed by atoms with Crippen molar-refractivity contribution in [3.63, 3.8) is 0 Å². The van der Waals surface area contributed by atoms with Crippen molar-refractivity contribution in [2.75, 3.05) is 6.61 Å². The fraction of sp³-hybridized carbons (Fsp3) is 0.176. The number of nitrogens with zero attached hydrogens (tertiary/aromatic N) is 3. The molecule has 1 N–H and O–H groups in total. The van der Waals surface area contributed by atoms with Gasteiger partial charge in [-0.05, 0) is 23.8 Å². The number of ketones is 1. The molecule has 2 aromatic heterocycles. The van der Waals surface area contributed by atoms with Crippen molar-refractivity contribution in [3.8, 4) is 11.5 Å². The molecule has 0 bridgehead atoms. The van der Waals surface area contributed by atoms with Crippen molar-refractivity contribution in [2.45, 2.75) is 13.0 Å². The SMILES string of the molecule is O=C(COCc1ccccc1Cl)Cc1nc(-c2ccccn2)n[nH]1. The Morgan fingerprint density at radius 2 is 2.00 bits per heavy atom. The van der Waals surface area contributed by atoms with Gasteiger partial charge in [-0.15, -0.1) is 0 Å². The number of carbonyl (C=O) groups excluding carboxylic acids is 1. The zero-order valence-electron chi connectivity index (χ0n) is 12.8. The number of aromatic nitrogens is 4. The van der Waals surface area contributed by atoms with E-state index < -0.39 is 0 Å². The smallest absolute Gasteiger partial charge is 0.199 e. The fourth-order valence-corrected chi connectivity index (χ4v) is 2.30. The number of rotatable bonds is 7. The number of Topliss-reactive ketones (excluding diaryl/α,β-unsaturated/α-hetero) is 1. The van der Waals surface area contributed by atoms with Gasteiger partial charge in [0.25, 0.3) is 0 Å². The summed E-state index contributed by atoms with van der Waals surface area (Å²) in [6.07, 6.45) is 1.79. The molecule has 7 heteroatoms. The lowest BCUT2D eigenvalue weighted by atomic mass is 10.2. The molecule has 122 valence electrons. The second-order valence-electron chi connectivity index (χ2n) is 5.12. The molecule has 0 aliphatic heterocycles. The zero-order chi connectivity index (χ0) is 16.8. The Morgan fingerprint density at radius 1 is 1.17 bits per heavy atom. The van der Waals surface area contributed by atoms with E-state index >= 15 is 0 Å². The predicted octanol–water partition coefficient (Wildman–Crippen LogP) is 2.85. The summed E-state index contributed by atoms with van der Waals surface area (Å²) in [5.41, 5.74) is 1.51. The van der Waals surface area contributed by atoms with E-state index in [0.29, 0.717) is 29.0 Å². The lowest BCUT2D eigenvalue weighted by molar-refractivity contribution is -0.123. The molecule has 0 unspecified atom stereocenters. The Labute approximate surface area is 143 Å². The fourth-order valence-electron chi connectivity index (χ4n) is 2.11.